The van der Waals surface area contributed by atoms with Gasteiger partial charge in [-0.3, -0.25) is 0 Å². The molecule has 78 valence electrons. The molecule has 0 bridgehead atoms. The summed E-state index contributed by atoms with van der Waals surface area (Å²) in [5.74, 6) is -0.879. The zero-order chi connectivity index (χ0) is 10.7. The highest BCUT2D eigenvalue weighted by molar-refractivity contribution is 5.93. The van der Waals surface area contributed by atoms with E-state index in [4.69, 9.17) is 15.6 Å². The molecule has 6 heteroatoms. The number of methoxy groups -OCH3 is 1. The van der Waals surface area contributed by atoms with Crippen LogP contribution in [0.4, 0.5) is 5.82 Å². The standard InChI is InChI=1S/C8H13N3O3/c1-5-6(8(12)13)7(9)11(10-5)3-4-14-2/h3-4,9H2,1-2H3,(H,12,13). The highest BCUT2D eigenvalue weighted by Crippen LogP contribution is 2.15. The van der Waals surface area contributed by atoms with Gasteiger partial charge in [0.05, 0.1) is 18.8 Å². The molecule has 0 saturated heterocycles. The van der Waals surface area contributed by atoms with Crippen LogP contribution in [-0.2, 0) is 11.3 Å². The third-order valence-corrected chi connectivity index (χ3v) is 1.89. The van der Waals surface area contributed by atoms with Crippen LogP contribution >= 0.6 is 0 Å². The minimum Gasteiger partial charge on any atom is -0.477 e. The number of carboxylic acids is 1. The van der Waals surface area contributed by atoms with Gasteiger partial charge in [0.25, 0.3) is 0 Å². The van der Waals surface area contributed by atoms with Gasteiger partial charge in [-0.1, -0.05) is 0 Å². The van der Waals surface area contributed by atoms with Gasteiger partial charge in [-0.15, -0.1) is 0 Å². The van der Waals surface area contributed by atoms with Crippen molar-refractivity contribution in [3.05, 3.63) is 11.3 Å². The smallest absolute Gasteiger partial charge is 0.341 e. The van der Waals surface area contributed by atoms with Crippen molar-refractivity contribution in [2.24, 2.45) is 0 Å². The molecular formula is C8H13N3O3. The van der Waals surface area contributed by atoms with Gasteiger partial charge in [0, 0.05) is 7.11 Å². The predicted octanol–water partition coefficient (Wildman–Crippen LogP) is 0.118. The van der Waals surface area contributed by atoms with Crippen molar-refractivity contribution in [2.75, 3.05) is 19.5 Å². The van der Waals surface area contributed by atoms with Gasteiger partial charge >= 0.3 is 5.97 Å². The zero-order valence-electron chi connectivity index (χ0n) is 8.15. The maximum atomic E-state index is 10.8. The number of rotatable bonds is 4. The molecule has 0 spiro atoms. The van der Waals surface area contributed by atoms with E-state index in [1.165, 1.54) is 4.68 Å². The van der Waals surface area contributed by atoms with E-state index >= 15 is 0 Å². The van der Waals surface area contributed by atoms with Crippen LogP contribution in [0.2, 0.25) is 0 Å². The van der Waals surface area contributed by atoms with Crippen molar-refractivity contribution in [1.82, 2.24) is 9.78 Å². The second-order valence-electron chi connectivity index (χ2n) is 2.87. The summed E-state index contributed by atoms with van der Waals surface area (Å²) in [6.45, 7) is 2.52. The molecule has 0 aliphatic heterocycles. The van der Waals surface area contributed by atoms with Crippen molar-refractivity contribution in [2.45, 2.75) is 13.5 Å². The average molecular weight is 199 g/mol. The molecule has 1 rings (SSSR count). The predicted molar refractivity (Wildman–Crippen MR) is 50.2 cm³/mol. The molecule has 0 aromatic carbocycles. The van der Waals surface area contributed by atoms with Crippen LogP contribution in [0.1, 0.15) is 16.1 Å². The molecule has 14 heavy (non-hydrogen) atoms. The third kappa shape index (κ3) is 1.85. The Balaban J connectivity index is 2.98. The molecule has 0 unspecified atom stereocenters. The first-order chi connectivity index (χ1) is 6.57. The third-order valence-electron chi connectivity index (χ3n) is 1.89. The Morgan fingerprint density at radius 2 is 2.36 bits per heavy atom. The number of carbonyl (C=O) groups is 1. The van der Waals surface area contributed by atoms with E-state index in [1.54, 1.807) is 14.0 Å². The van der Waals surface area contributed by atoms with Gasteiger partial charge in [-0.2, -0.15) is 5.10 Å². The Hall–Kier alpha value is -1.56. The number of carboxylic acid groups (broad SMARTS) is 1. The maximum absolute atomic E-state index is 10.8. The Morgan fingerprint density at radius 3 is 2.79 bits per heavy atom. The Kier molecular flexibility index (Phi) is 3.08. The van der Waals surface area contributed by atoms with Crippen LogP contribution in [0.3, 0.4) is 0 Å². The molecule has 0 aliphatic carbocycles. The van der Waals surface area contributed by atoms with Crippen molar-refractivity contribution in [1.29, 1.82) is 0 Å². The zero-order valence-corrected chi connectivity index (χ0v) is 8.15. The fourth-order valence-corrected chi connectivity index (χ4v) is 1.21. The molecule has 6 nitrogen and oxygen atoms in total. The Morgan fingerprint density at radius 1 is 1.71 bits per heavy atom. The van der Waals surface area contributed by atoms with Crippen LogP contribution in [0.15, 0.2) is 0 Å². The molecule has 0 radical (unpaired) electrons. The van der Waals surface area contributed by atoms with Crippen molar-refractivity contribution in [3.8, 4) is 0 Å². The lowest BCUT2D eigenvalue weighted by Crippen LogP contribution is -2.10. The first kappa shape index (κ1) is 10.5. The number of nitrogens with two attached hydrogens (primary N) is 1. The number of nitrogens with zero attached hydrogens (tertiary/aromatic N) is 2. The van der Waals surface area contributed by atoms with E-state index in [0.29, 0.717) is 18.8 Å². The van der Waals surface area contributed by atoms with Crippen LogP contribution in [-0.4, -0.2) is 34.6 Å². The second kappa shape index (κ2) is 4.10. The van der Waals surface area contributed by atoms with Crippen molar-refractivity contribution < 1.29 is 14.6 Å². The molecule has 0 atom stereocenters. The average Bonchev–Trinajstić information content (AvgIpc) is 2.38. The van der Waals surface area contributed by atoms with E-state index in [9.17, 15) is 4.79 Å². The van der Waals surface area contributed by atoms with Gasteiger partial charge in [0.15, 0.2) is 0 Å². The van der Waals surface area contributed by atoms with Gasteiger partial charge < -0.3 is 15.6 Å². The lowest BCUT2D eigenvalue weighted by Gasteiger charge is -2.02. The summed E-state index contributed by atoms with van der Waals surface area (Å²) in [4.78, 5) is 10.8. The summed E-state index contributed by atoms with van der Waals surface area (Å²) in [5.41, 5.74) is 6.10. The first-order valence-corrected chi connectivity index (χ1v) is 4.13. The quantitative estimate of drug-likeness (QED) is 0.718. The van der Waals surface area contributed by atoms with E-state index in [2.05, 4.69) is 5.10 Å². The number of ether oxygens (including phenoxy) is 1. The Bertz CT molecular complexity index is 346. The second-order valence-corrected chi connectivity index (χ2v) is 2.87. The van der Waals surface area contributed by atoms with E-state index < -0.39 is 5.97 Å². The summed E-state index contributed by atoms with van der Waals surface area (Å²) >= 11 is 0. The maximum Gasteiger partial charge on any atom is 0.341 e. The van der Waals surface area contributed by atoms with Crippen LogP contribution in [0, 0.1) is 6.92 Å². The summed E-state index contributed by atoms with van der Waals surface area (Å²) in [7, 11) is 1.56. The van der Waals surface area contributed by atoms with Crippen LogP contribution in [0.5, 0.6) is 0 Å². The summed E-state index contributed by atoms with van der Waals surface area (Å²) in [6, 6.07) is 0. The normalized spacial score (nSPS) is 10.4. The molecule has 1 aromatic rings. The number of aromatic nitrogens is 2. The topological polar surface area (TPSA) is 90.4 Å². The monoisotopic (exact) mass is 199 g/mol. The van der Waals surface area contributed by atoms with E-state index in [0.717, 1.165) is 0 Å². The number of hydrogen-bond donors (Lipinski definition) is 2. The highest BCUT2D eigenvalue weighted by Gasteiger charge is 2.17. The van der Waals surface area contributed by atoms with E-state index in [-0.39, 0.29) is 11.4 Å². The minimum absolute atomic E-state index is 0.0705. The molecule has 1 heterocycles. The molecular weight excluding hydrogens is 186 g/mol. The molecule has 0 amide bonds. The SMILES string of the molecule is COCCn1nc(C)c(C(=O)O)c1N. The van der Waals surface area contributed by atoms with Gasteiger partial charge in [-0.05, 0) is 6.92 Å². The molecule has 0 fully saturated rings. The van der Waals surface area contributed by atoms with Gasteiger partial charge in [-0.25, -0.2) is 9.48 Å². The van der Waals surface area contributed by atoms with Crippen LogP contribution < -0.4 is 5.73 Å². The number of aryl methyl sites for hydroxylation is 1. The fourth-order valence-electron chi connectivity index (χ4n) is 1.21. The largest absolute Gasteiger partial charge is 0.477 e. The van der Waals surface area contributed by atoms with Crippen molar-refractivity contribution >= 4 is 11.8 Å². The molecule has 1 aromatic heterocycles. The highest BCUT2D eigenvalue weighted by atomic mass is 16.5. The molecule has 0 saturated carbocycles. The van der Waals surface area contributed by atoms with Gasteiger partial charge in [0.1, 0.15) is 11.4 Å². The number of hydrogen-bond acceptors (Lipinski definition) is 4. The van der Waals surface area contributed by atoms with Crippen molar-refractivity contribution in [3.63, 3.8) is 0 Å². The summed E-state index contributed by atoms with van der Waals surface area (Å²) in [5, 5.41) is 12.8. The van der Waals surface area contributed by atoms with E-state index in [1.807, 2.05) is 0 Å². The Labute approximate surface area is 81.3 Å². The lowest BCUT2D eigenvalue weighted by molar-refractivity contribution is 0.0697. The number of anilines is 1. The molecule has 3 N–H and O–H groups in total. The molecule has 0 aliphatic rings. The van der Waals surface area contributed by atoms with Gasteiger partial charge in [0.2, 0.25) is 0 Å². The minimum atomic E-state index is -1.05. The lowest BCUT2D eigenvalue weighted by atomic mass is 10.2. The fraction of sp³-hybridized carbons (Fsp3) is 0.500. The number of nitrogen functional groups attached to an aromatic ring is 1. The van der Waals surface area contributed by atoms with Crippen LogP contribution in [0.25, 0.3) is 0 Å². The first-order valence-electron chi connectivity index (χ1n) is 4.13. The number of aromatic carboxylic acids is 1. The summed E-state index contributed by atoms with van der Waals surface area (Å²) < 4.78 is 6.28. The summed E-state index contributed by atoms with van der Waals surface area (Å²) in [6.07, 6.45) is 0.